The van der Waals surface area contributed by atoms with Gasteiger partial charge in [-0.3, -0.25) is 4.79 Å². The topological polar surface area (TPSA) is 58.4 Å². The van der Waals surface area contributed by atoms with Gasteiger partial charge in [0.25, 0.3) is 0 Å². The van der Waals surface area contributed by atoms with Crippen LogP contribution >= 0.6 is 0 Å². The first-order valence-electron chi connectivity index (χ1n) is 7.96. The highest BCUT2D eigenvalue weighted by Crippen LogP contribution is 2.19. The number of carbonyl (C=O) groups is 1. The zero-order valence-electron chi connectivity index (χ0n) is 14.9. The average molecular weight is 327 g/mol. The molecule has 0 bridgehead atoms. The molecular weight excluding hydrogens is 302 g/mol. The summed E-state index contributed by atoms with van der Waals surface area (Å²) in [7, 11) is 1.68. The lowest BCUT2D eigenvalue weighted by Gasteiger charge is -2.24. The minimum Gasteiger partial charge on any atom is -0.389 e. The molecule has 5 heteroatoms. The Bertz CT molecular complexity index is 740. The van der Waals surface area contributed by atoms with Crippen LogP contribution in [0.2, 0.25) is 0 Å². The van der Waals surface area contributed by atoms with Crippen LogP contribution in [0, 0.1) is 13.8 Å². The number of carbonyl (C=O) groups excluding carboxylic acids is 1. The highest BCUT2D eigenvalue weighted by Gasteiger charge is 2.18. The third kappa shape index (κ3) is 4.32. The van der Waals surface area contributed by atoms with Crippen LogP contribution in [0.1, 0.15) is 30.8 Å². The molecule has 0 spiro atoms. The van der Waals surface area contributed by atoms with E-state index >= 15 is 0 Å². The van der Waals surface area contributed by atoms with Crippen LogP contribution < -0.4 is 0 Å². The second-order valence-electron chi connectivity index (χ2n) is 6.67. The van der Waals surface area contributed by atoms with Gasteiger partial charge >= 0.3 is 0 Å². The van der Waals surface area contributed by atoms with Gasteiger partial charge < -0.3 is 10.0 Å². The van der Waals surface area contributed by atoms with E-state index in [0.29, 0.717) is 0 Å². The molecule has 1 amide bonds. The van der Waals surface area contributed by atoms with E-state index in [1.807, 2.05) is 48.9 Å². The third-order valence-electron chi connectivity index (χ3n) is 3.74. The van der Waals surface area contributed by atoms with Crippen LogP contribution in [-0.4, -0.2) is 44.9 Å². The molecular formula is C19H25N3O2. The van der Waals surface area contributed by atoms with Crippen molar-refractivity contribution in [3.05, 3.63) is 53.4 Å². The summed E-state index contributed by atoms with van der Waals surface area (Å²) in [5.41, 5.74) is 2.85. The van der Waals surface area contributed by atoms with Crippen molar-refractivity contribution >= 4 is 12.0 Å². The summed E-state index contributed by atoms with van der Waals surface area (Å²) >= 11 is 0. The van der Waals surface area contributed by atoms with Gasteiger partial charge in [-0.05, 0) is 45.9 Å². The summed E-state index contributed by atoms with van der Waals surface area (Å²) in [5, 5.41) is 14.4. The Labute approximate surface area is 143 Å². The fourth-order valence-electron chi connectivity index (χ4n) is 2.66. The van der Waals surface area contributed by atoms with Crippen LogP contribution in [0.4, 0.5) is 0 Å². The number of hydrogen-bond acceptors (Lipinski definition) is 3. The lowest BCUT2D eigenvalue weighted by Crippen LogP contribution is -2.38. The van der Waals surface area contributed by atoms with Gasteiger partial charge in [-0.2, -0.15) is 5.10 Å². The Morgan fingerprint density at radius 1 is 1.29 bits per heavy atom. The molecule has 128 valence electrons. The number of rotatable bonds is 5. The molecule has 0 fully saturated rings. The second-order valence-corrected chi connectivity index (χ2v) is 6.67. The maximum Gasteiger partial charge on any atom is 0.246 e. The Morgan fingerprint density at radius 3 is 2.50 bits per heavy atom. The van der Waals surface area contributed by atoms with Gasteiger partial charge in [0, 0.05) is 30.9 Å². The van der Waals surface area contributed by atoms with Gasteiger partial charge in [0.05, 0.1) is 17.0 Å². The number of nitrogens with zero attached hydrogens (tertiary/aromatic N) is 3. The summed E-state index contributed by atoms with van der Waals surface area (Å²) in [6.45, 7) is 7.55. The molecule has 1 aromatic carbocycles. The van der Waals surface area contributed by atoms with Crippen LogP contribution in [0.15, 0.2) is 36.4 Å². The van der Waals surface area contributed by atoms with Crippen molar-refractivity contribution in [2.45, 2.75) is 33.3 Å². The number of aliphatic hydroxyl groups is 1. The Balaban J connectivity index is 2.22. The van der Waals surface area contributed by atoms with Gasteiger partial charge in [0.1, 0.15) is 0 Å². The predicted molar refractivity (Wildman–Crippen MR) is 96.0 cm³/mol. The van der Waals surface area contributed by atoms with Crippen LogP contribution in [-0.2, 0) is 4.79 Å². The Hall–Kier alpha value is -2.40. The molecule has 0 aliphatic rings. The van der Waals surface area contributed by atoms with Gasteiger partial charge in [-0.15, -0.1) is 0 Å². The molecule has 0 unspecified atom stereocenters. The first kappa shape index (κ1) is 17.9. The molecule has 1 N–H and O–H groups in total. The highest BCUT2D eigenvalue weighted by atomic mass is 16.3. The molecule has 1 heterocycles. The van der Waals surface area contributed by atoms with Crippen molar-refractivity contribution in [2.75, 3.05) is 13.6 Å². The number of aryl methyl sites for hydroxylation is 1. The van der Waals surface area contributed by atoms with E-state index < -0.39 is 5.60 Å². The lowest BCUT2D eigenvalue weighted by atomic mass is 10.1. The summed E-state index contributed by atoms with van der Waals surface area (Å²) in [6.07, 6.45) is 3.32. The molecule has 2 rings (SSSR count). The monoisotopic (exact) mass is 327 g/mol. The molecule has 5 nitrogen and oxygen atoms in total. The highest BCUT2D eigenvalue weighted by molar-refractivity contribution is 5.92. The quantitative estimate of drug-likeness (QED) is 0.859. The Kier molecular flexibility index (Phi) is 5.24. The van der Waals surface area contributed by atoms with E-state index in [0.717, 1.165) is 22.6 Å². The van der Waals surface area contributed by atoms with Crippen molar-refractivity contribution in [3.63, 3.8) is 0 Å². The van der Waals surface area contributed by atoms with Crippen LogP contribution in [0.3, 0.4) is 0 Å². The normalized spacial score (nSPS) is 11.9. The molecule has 0 saturated carbocycles. The summed E-state index contributed by atoms with van der Waals surface area (Å²) in [4.78, 5) is 13.7. The van der Waals surface area contributed by atoms with Crippen molar-refractivity contribution in [1.29, 1.82) is 0 Å². The van der Waals surface area contributed by atoms with Gasteiger partial charge in [-0.25, -0.2) is 4.68 Å². The van der Waals surface area contributed by atoms with E-state index in [1.54, 1.807) is 27.0 Å². The maximum absolute atomic E-state index is 12.2. The number of likely N-dealkylation sites (N-methyl/N-ethyl adjacent to an activating group) is 1. The third-order valence-corrected chi connectivity index (χ3v) is 3.74. The first-order chi connectivity index (χ1) is 11.2. The van der Waals surface area contributed by atoms with Crippen molar-refractivity contribution in [3.8, 4) is 5.69 Å². The van der Waals surface area contributed by atoms with Crippen LogP contribution in [0.5, 0.6) is 0 Å². The maximum atomic E-state index is 12.2. The molecule has 0 atom stereocenters. The minimum absolute atomic E-state index is 0.150. The van der Waals surface area contributed by atoms with E-state index in [4.69, 9.17) is 0 Å². The minimum atomic E-state index is -0.914. The first-order valence-corrected chi connectivity index (χ1v) is 7.96. The summed E-state index contributed by atoms with van der Waals surface area (Å²) in [6, 6.07) is 9.89. The van der Waals surface area contributed by atoms with E-state index in [1.165, 1.54) is 11.0 Å². The van der Waals surface area contributed by atoms with Crippen molar-refractivity contribution in [1.82, 2.24) is 14.7 Å². The fourth-order valence-corrected chi connectivity index (χ4v) is 2.66. The zero-order valence-corrected chi connectivity index (χ0v) is 14.9. The van der Waals surface area contributed by atoms with Crippen LogP contribution in [0.25, 0.3) is 11.8 Å². The van der Waals surface area contributed by atoms with Crippen molar-refractivity contribution < 1.29 is 9.90 Å². The van der Waals surface area contributed by atoms with Gasteiger partial charge in [0.2, 0.25) is 5.91 Å². The van der Waals surface area contributed by atoms with E-state index in [-0.39, 0.29) is 12.5 Å². The molecule has 1 aromatic heterocycles. The predicted octanol–water partition coefficient (Wildman–Crippen LogP) is 2.73. The smallest absolute Gasteiger partial charge is 0.246 e. The average Bonchev–Trinajstić information content (AvgIpc) is 2.79. The second kappa shape index (κ2) is 7.01. The molecule has 0 aliphatic carbocycles. The number of para-hydroxylation sites is 1. The molecule has 0 radical (unpaired) electrons. The lowest BCUT2D eigenvalue weighted by molar-refractivity contribution is -0.127. The Morgan fingerprint density at radius 2 is 1.92 bits per heavy atom. The van der Waals surface area contributed by atoms with E-state index in [2.05, 4.69) is 5.10 Å². The van der Waals surface area contributed by atoms with E-state index in [9.17, 15) is 9.90 Å². The molecule has 24 heavy (non-hydrogen) atoms. The SMILES string of the molecule is Cc1nn(-c2ccccc2)c(C)c1/C=C/C(=O)N(C)CC(C)(C)O. The molecule has 0 aliphatic heterocycles. The number of aromatic nitrogens is 2. The summed E-state index contributed by atoms with van der Waals surface area (Å²) < 4.78 is 1.88. The fraction of sp³-hybridized carbons (Fsp3) is 0.368. The molecule has 2 aromatic rings. The number of amides is 1. The van der Waals surface area contributed by atoms with Crippen molar-refractivity contribution in [2.24, 2.45) is 0 Å². The summed E-state index contributed by atoms with van der Waals surface area (Å²) in [5.74, 6) is -0.150. The number of hydrogen-bond donors (Lipinski definition) is 1. The zero-order chi connectivity index (χ0) is 17.9. The molecule has 0 saturated heterocycles. The van der Waals surface area contributed by atoms with Gasteiger partial charge in [0.15, 0.2) is 0 Å². The standard InChI is InChI=1S/C19H25N3O2/c1-14-17(11-12-18(23)21(5)13-19(3,4)24)15(2)22(20-14)16-9-7-6-8-10-16/h6-12,24H,13H2,1-5H3/b12-11+. The van der Waals surface area contributed by atoms with Gasteiger partial charge in [-0.1, -0.05) is 18.2 Å². The largest absolute Gasteiger partial charge is 0.389 e. The number of benzene rings is 1.